The van der Waals surface area contributed by atoms with E-state index >= 15 is 0 Å². The van der Waals surface area contributed by atoms with Gasteiger partial charge in [0, 0.05) is 25.7 Å². The van der Waals surface area contributed by atoms with Crippen LogP contribution in [0.2, 0.25) is 0 Å². The second-order valence-corrected chi connectivity index (χ2v) is 4.98. The Morgan fingerprint density at radius 3 is 2.53 bits per heavy atom. The van der Waals surface area contributed by atoms with Crippen LogP contribution in [0.4, 0.5) is 0 Å². The van der Waals surface area contributed by atoms with Gasteiger partial charge in [-0.05, 0) is 31.9 Å². The Balaban J connectivity index is 1.75. The minimum absolute atomic E-state index is 0.707. The summed E-state index contributed by atoms with van der Waals surface area (Å²) >= 11 is 0. The predicted molar refractivity (Wildman–Crippen MR) is 71.6 cm³/mol. The number of hydrazine groups is 1. The van der Waals surface area contributed by atoms with Crippen molar-refractivity contribution in [1.82, 2.24) is 9.91 Å². The molecule has 1 heterocycles. The summed E-state index contributed by atoms with van der Waals surface area (Å²) < 4.78 is 0. The highest BCUT2D eigenvalue weighted by Gasteiger charge is 2.20. The molecule has 1 aliphatic heterocycles. The normalized spacial score (nSPS) is 18.8. The van der Waals surface area contributed by atoms with E-state index in [1.165, 1.54) is 18.4 Å². The van der Waals surface area contributed by atoms with Gasteiger partial charge in [0.25, 0.3) is 0 Å². The molecule has 0 unspecified atom stereocenters. The molecule has 1 fully saturated rings. The fourth-order valence-corrected chi connectivity index (χ4v) is 2.46. The summed E-state index contributed by atoms with van der Waals surface area (Å²) in [6.07, 6.45) is 3.53. The molecule has 3 heteroatoms. The Hall–Kier alpha value is -0.900. The third-order valence-electron chi connectivity index (χ3n) is 3.72. The van der Waals surface area contributed by atoms with E-state index in [0.717, 1.165) is 26.1 Å². The van der Waals surface area contributed by atoms with Gasteiger partial charge >= 0.3 is 0 Å². The first-order chi connectivity index (χ1) is 8.25. The van der Waals surface area contributed by atoms with E-state index < -0.39 is 0 Å². The predicted octanol–water partition coefficient (Wildman–Crippen LogP) is 1.50. The largest absolute Gasteiger partial charge is 0.303 e. The zero-order valence-electron chi connectivity index (χ0n) is 10.7. The number of nitrogens with two attached hydrogens (primary N) is 1. The maximum Gasteiger partial charge on any atom is 0.0143 e. The van der Waals surface area contributed by atoms with Crippen LogP contribution in [0.25, 0.3) is 0 Å². The van der Waals surface area contributed by atoms with Crippen molar-refractivity contribution in [3.05, 3.63) is 35.9 Å². The third kappa shape index (κ3) is 3.80. The fourth-order valence-electron chi connectivity index (χ4n) is 2.46. The molecule has 17 heavy (non-hydrogen) atoms. The molecule has 2 rings (SSSR count). The molecular formula is C14H23N3. The monoisotopic (exact) mass is 233 g/mol. The average Bonchev–Trinajstić information content (AvgIpc) is 2.38. The van der Waals surface area contributed by atoms with Crippen molar-refractivity contribution < 1.29 is 0 Å². The lowest BCUT2D eigenvalue weighted by atomic mass is 10.0. The van der Waals surface area contributed by atoms with Gasteiger partial charge in [0.05, 0.1) is 0 Å². The zero-order chi connectivity index (χ0) is 12.1. The van der Waals surface area contributed by atoms with Crippen LogP contribution in [0.1, 0.15) is 18.4 Å². The lowest BCUT2D eigenvalue weighted by Crippen LogP contribution is -2.46. The summed E-state index contributed by atoms with van der Waals surface area (Å²) in [5.74, 6) is 5.78. The molecule has 1 aromatic rings. The molecule has 0 aromatic heterocycles. The third-order valence-corrected chi connectivity index (χ3v) is 3.72. The van der Waals surface area contributed by atoms with Crippen LogP contribution in [-0.2, 0) is 6.42 Å². The number of rotatable bonds is 4. The molecular weight excluding hydrogens is 210 g/mol. The highest BCUT2D eigenvalue weighted by molar-refractivity contribution is 5.14. The minimum atomic E-state index is 0.707. The van der Waals surface area contributed by atoms with Crippen LogP contribution in [0.5, 0.6) is 0 Å². The van der Waals surface area contributed by atoms with E-state index in [4.69, 9.17) is 5.84 Å². The molecule has 3 nitrogen and oxygen atoms in total. The summed E-state index contributed by atoms with van der Waals surface area (Å²) in [6, 6.07) is 11.4. The molecule has 0 bridgehead atoms. The lowest BCUT2D eigenvalue weighted by molar-refractivity contribution is 0.129. The van der Waals surface area contributed by atoms with E-state index in [-0.39, 0.29) is 0 Å². The van der Waals surface area contributed by atoms with Crippen molar-refractivity contribution in [2.75, 3.05) is 26.7 Å². The SMILES string of the molecule is CN(CCc1ccccc1)C1CCN(N)CC1. The van der Waals surface area contributed by atoms with Crippen molar-refractivity contribution in [3.63, 3.8) is 0 Å². The number of piperidine rings is 1. The van der Waals surface area contributed by atoms with Crippen LogP contribution in [0.15, 0.2) is 30.3 Å². The number of likely N-dealkylation sites (N-methyl/N-ethyl adjacent to an activating group) is 1. The Kier molecular flexibility index (Phi) is 4.54. The van der Waals surface area contributed by atoms with Crippen molar-refractivity contribution in [2.24, 2.45) is 5.84 Å². The minimum Gasteiger partial charge on any atom is -0.303 e. The van der Waals surface area contributed by atoms with Gasteiger partial charge in [-0.15, -0.1) is 0 Å². The molecule has 0 saturated carbocycles. The standard InChI is InChI=1S/C14H23N3/c1-16(14-8-11-17(15)12-9-14)10-7-13-5-3-2-4-6-13/h2-6,14H,7-12,15H2,1H3. The van der Waals surface area contributed by atoms with E-state index in [1.54, 1.807) is 0 Å². The average molecular weight is 233 g/mol. The van der Waals surface area contributed by atoms with Gasteiger partial charge in [0.1, 0.15) is 0 Å². The Morgan fingerprint density at radius 1 is 1.24 bits per heavy atom. The first-order valence-electron chi connectivity index (χ1n) is 6.49. The van der Waals surface area contributed by atoms with Crippen LogP contribution in [0, 0.1) is 0 Å². The number of hydrogen-bond donors (Lipinski definition) is 1. The lowest BCUT2D eigenvalue weighted by Gasteiger charge is -2.34. The Bertz CT molecular complexity index is 317. The van der Waals surface area contributed by atoms with Crippen LogP contribution < -0.4 is 5.84 Å². The van der Waals surface area contributed by atoms with Gasteiger partial charge in [-0.3, -0.25) is 5.84 Å². The maximum atomic E-state index is 5.78. The Labute approximate surface area is 104 Å². The van der Waals surface area contributed by atoms with Gasteiger partial charge in [-0.1, -0.05) is 30.3 Å². The van der Waals surface area contributed by atoms with Crippen LogP contribution in [0.3, 0.4) is 0 Å². The molecule has 0 radical (unpaired) electrons. The molecule has 2 N–H and O–H groups in total. The van der Waals surface area contributed by atoms with Gasteiger partial charge in [-0.2, -0.15) is 0 Å². The summed E-state index contributed by atoms with van der Waals surface area (Å²) in [6.45, 7) is 3.19. The van der Waals surface area contributed by atoms with E-state index in [0.29, 0.717) is 6.04 Å². The Morgan fingerprint density at radius 2 is 1.88 bits per heavy atom. The molecule has 0 amide bonds. The van der Waals surface area contributed by atoms with Gasteiger partial charge in [0.15, 0.2) is 0 Å². The smallest absolute Gasteiger partial charge is 0.0143 e. The molecule has 0 spiro atoms. The summed E-state index contributed by atoms with van der Waals surface area (Å²) in [7, 11) is 2.24. The van der Waals surface area contributed by atoms with E-state index in [2.05, 4.69) is 42.3 Å². The van der Waals surface area contributed by atoms with Gasteiger partial charge < -0.3 is 4.90 Å². The van der Waals surface area contributed by atoms with Crippen molar-refractivity contribution in [2.45, 2.75) is 25.3 Å². The van der Waals surface area contributed by atoms with Crippen LogP contribution in [-0.4, -0.2) is 42.6 Å². The molecule has 0 atom stereocenters. The van der Waals surface area contributed by atoms with E-state index in [1.807, 2.05) is 5.01 Å². The number of nitrogens with zero attached hydrogens (tertiary/aromatic N) is 2. The first kappa shape index (κ1) is 12.6. The summed E-state index contributed by atoms with van der Waals surface area (Å²) in [5, 5.41) is 1.93. The molecule has 1 aliphatic rings. The van der Waals surface area contributed by atoms with Crippen molar-refractivity contribution in [1.29, 1.82) is 0 Å². The molecule has 0 aliphatic carbocycles. The molecule has 1 saturated heterocycles. The number of hydrogen-bond acceptors (Lipinski definition) is 3. The fraction of sp³-hybridized carbons (Fsp3) is 0.571. The quantitative estimate of drug-likeness (QED) is 0.800. The first-order valence-corrected chi connectivity index (χ1v) is 6.49. The second kappa shape index (κ2) is 6.15. The van der Waals surface area contributed by atoms with Gasteiger partial charge in [0.2, 0.25) is 0 Å². The molecule has 94 valence electrons. The van der Waals surface area contributed by atoms with E-state index in [9.17, 15) is 0 Å². The molecule has 1 aromatic carbocycles. The van der Waals surface area contributed by atoms with Gasteiger partial charge in [-0.25, -0.2) is 5.01 Å². The summed E-state index contributed by atoms with van der Waals surface area (Å²) in [5.41, 5.74) is 1.43. The zero-order valence-corrected chi connectivity index (χ0v) is 10.7. The van der Waals surface area contributed by atoms with Crippen molar-refractivity contribution in [3.8, 4) is 0 Å². The highest BCUT2D eigenvalue weighted by Crippen LogP contribution is 2.13. The van der Waals surface area contributed by atoms with Crippen LogP contribution >= 0.6 is 0 Å². The topological polar surface area (TPSA) is 32.5 Å². The highest BCUT2D eigenvalue weighted by atomic mass is 15.4. The summed E-state index contributed by atoms with van der Waals surface area (Å²) in [4.78, 5) is 2.49. The van der Waals surface area contributed by atoms with Crippen molar-refractivity contribution >= 4 is 0 Å². The maximum absolute atomic E-state index is 5.78. The second-order valence-electron chi connectivity index (χ2n) is 4.98. The number of benzene rings is 1.